The van der Waals surface area contributed by atoms with Crippen LogP contribution in [-0.4, -0.2) is 0 Å². The lowest BCUT2D eigenvalue weighted by atomic mass is 9.60. The Morgan fingerprint density at radius 2 is 0.979 bits per heavy atom. The number of hydrogen-bond donors (Lipinski definition) is 0. The fourth-order valence-electron chi connectivity index (χ4n) is 8.77. The second kappa shape index (κ2) is 9.82. The molecule has 2 heterocycles. The van der Waals surface area contributed by atoms with Gasteiger partial charge in [0.1, 0.15) is 11.5 Å². The second-order valence-corrected chi connectivity index (χ2v) is 13.7. The molecule has 0 saturated heterocycles. The molecule has 7 aromatic carbocycles. The topological polar surface area (TPSA) is 12.5 Å². The number of rotatable bonds is 2. The van der Waals surface area contributed by atoms with Crippen LogP contribution < -0.4 is 9.64 Å². The van der Waals surface area contributed by atoms with Crippen molar-refractivity contribution >= 4 is 17.1 Å². The molecule has 2 aliphatic heterocycles. The summed E-state index contributed by atoms with van der Waals surface area (Å²) in [5, 5.41) is 0. The molecule has 0 saturated carbocycles. The maximum Gasteiger partial charge on any atom is 0.132 e. The minimum Gasteiger partial charge on any atom is -0.457 e. The SMILES string of the molecule is CC1(C)c2ccccc2-c2cc3c(cc21)C1(c2ccccc2Oc2ccccc21)c1ccccc1N3c1ccc(-c2ccccc2)cc1. The monoisotopic (exact) mass is 615 g/mol. The molecule has 10 rings (SSSR count). The zero-order valence-electron chi connectivity index (χ0n) is 26.9. The first kappa shape index (κ1) is 27.3. The average molecular weight is 616 g/mol. The van der Waals surface area contributed by atoms with Crippen LogP contribution in [0.25, 0.3) is 22.3 Å². The van der Waals surface area contributed by atoms with Crippen LogP contribution in [0.15, 0.2) is 164 Å². The van der Waals surface area contributed by atoms with E-state index < -0.39 is 5.41 Å². The highest BCUT2D eigenvalue weighted by Gasteiger charge is 2.52. The molecular weight excluding hydrogens is 583 g/mol. The fraction of sp³-hybridized carbons (Fsp3) is 0.0870. The van der Waals surface area contributed by atoms with Crippen molar-refractivity contribution in [3.05, 3.63) is 197 Å². The van der Waals surface area contributed by atoms with Gasteiger partial charge in [0.05, 0.1) is 16.8 Å². The minimum atomic E-state index is -0.586. The van der Waals surface area contributed by atoms with Gasteiger partial charge in [-0.1, -0.05) is 141 Å². The molecule has 0 fully saturated rings. The Bertz CT molecular complexity index is 2360. The number of ether oxygens (including phenoxy) is 1. The Labute approximate surface area is 281 Å². The van der Waals surface area contributed by atoms with Crippen LogP contribution in [0.4, 0.5) is 17.1 Å². The molecule has 0 N–H and O–H groups in total. The largest absolute Gasteiger partial charge is 0.457 e. The molecule has 7 aromatic rings. The molecule has 0 atom stereocenters. The standard InChI is InChI=1S/C46H33NO/c1-45(2)35-17-7-6-16-33(35)34-28-42-40(29-39(34)45)46(37-19-9-12-22-43(37)48-44-23-13-10-20-38(44)46)36-18-8-11-21-41(36)47(42)32-26-24-31(25-27-32)30-14-4-3-5-15-30/h3-29H,1-2H3. The predicted octanol–water partition coefficient (Wildman–Crippen LogP) is 11.9. The van der Waals surface area contributed by atoms with Crippen molar-refractivity contribution < 1.29 is 4.74 Å². The van der Waals surface area contributed by atoms with E-state index in [4.69, 9.17) is 4.74 Å². The number of fused-ring (bicyclic) bond motifs is 11. The second-order valence-electron chi connectivity index (χ2n) is 13.7. The summed E-state index contributed by atoms with van der Waals surface area (Å²) in [7, 11) is 0. The summed E-state index contributed by atoms with van der Waals surface area (Å²) in [6.45, 7) is 4.75. The summed E-state index contributed by atoms with van der Waals surface area (Å²) in [6, 6.07) is 59.9. The maximum atomic E-state index is 6.67. The molecule has 0 radical (unpaired) electrons. The van der Waals surface area contributed by atoms with Crippen LogP contribution in [0.1, 0.15) is 47.2 Å². The summed E-state index contributed by atoms with van der Waals surface area (Å²) in [5.74, 6) is 1.81. The molecule has 2 nitrogen and oxygen atoms in total. The third kappa shape index (κ3) is 3.52. The summed E-state index contributed by atoms with van der Waals surface area (Å²) >= 11 is 0. The van der Waals surface area contributed by atoms with Crippen LogP contribution in [0.2, 0.25) is 0 Å². The van der Waals surface area contributed by atoms with Crippen LogP contribution >= 0.6 is 0 Å². The molecule has 2 heteroatoms. The highest BCUT2D eigenvalue weighted by molar-refractivity contribution is 5.95. The molecular formula is C46H33NO. The third-order valence-corrected chi connectivity index (χ3v) is 10.9. The van der Waals surface area contributed by atoms with E-state index in [0.717, 1.165) is 17.2 Å². The van der Waals surface area contributed by atoms with Crippen molar-refractivity contribution in [3.8, 4) is 33.8 Å². The van der Waals surface area contributed by atoms with Gasteiger partial charge in [-0.2, -0.15) is 0 Å². The zero-order chi connectivity index (χ0) is 32.0. The summed E-state index contributed by atoms with van der Waals surface area (Å²) < 4.78 is 6.67. The molecule has 0 aromatic heterocycles. The van der Waals surface area contributed by atoms with E-state index in [1.165, 1.54) is 67.0 Å². The van der Waals surface area contributed by atoms with Gasteiger partial charge in [-0.3, -0.25) is 0 Å². The normalized spacial score (nSPS) is 15.3. The molecule has 0 amide bonds. The summed E-state index contributed by atoms with van der Waals surface area (Å²) in [5.41, 5.74) is 15.4. The lowest BCUT2D eigenvalue weighted by Gasteiger charge is -2.49. The van der Waals surface area contributed by atoms with Gasteiger partial charge in [-0.25, -0.2) is 0 Å². The van der Waals surface area contributed by atoms with E-state index in [2.05, 4.69) is 183 Å². The highest BCUT2D eigenvalue weighted by Crippen LogP contribution is 2.64. The van der Waals surface area contributed by atoms with Gasteiger partial charge in [0.25, 0.3) is 0 Å². The highest BCUT2D eigenvalue weighted by atomic mass is 16.5. The molecule has 1 spiro atoms. The summed E-state index contributed by atoms with van der Waals surface area (Å²) in [6.07, 6.45) is 0. The lowest BCUT2D eigenvalue weighted by molar-refractivity contribution is 0.434. The number of anilines is 3. The van der Waals surface area contributed by atoms with Gasteiger partial charge in [0.15, 0.2) is 0 Å². The van der Waals surface area contributed by atoms with Crippen LogP contribution in [0, 0.1) is 0 Å². The third-order valence-electron chi connectivity index (χ3n) is 10.9. The number of nitrogens with zero attached hydrogens (tertiary/aromatic N) is 1. The Kier molecular flexibility index (Phi) is 5.58. The van der Waals surface area contributed by atoms with Crippen LogP contribution in [-0.2, 0) is 10.8 Å². The Balaban J connectivity index is 1.33. The molecule has 0 bridgehead atoms. The first-order valence-electron chi connectivity index (χ1n) is 16.8. The van der Waals surface area contributed by atoms with Crippen LogP contribution in [0.3, 0.4) is 0 Å². The Morgan fingerprint density at radius 1 is 0.417 bits per heavy atom. The van der Waals surface area contributed by atoms with Gasteiger partial charge in [-0.05, 0) is 80.9 Å². The lowest BCUT2D eigenvalue weighted by Crippen LogP contribution is -2.40. The smallest absolute Gasteiger partial charge is 0.132 e. The first-order chi connectivity index (χ1) is 23.6. The van der Waals surface area contributed by atoms with E-state index in [0.29, 0.717) is 0 Å². The quantitative estimate of drug-likeness (QED) is 0.192. The average Bonchev–Trinajstić information content (AvgIpc) is 3.37. The van der Waals surface area contributed by atoms with Crippen molar-refractivity contribution in [2.75, 3.05) is 4.90 Å². The van der Waals surface area contributed by atoms with E-state index in [1.54, 1.807) is 0 Å². The van der Waals surface area contributed by atoms with E-state index in [-0.39, 0.29) is 5.41 Å². The van der Waals surface area contributed by atoms with E-state index >= 15 is 0 Å². The number of para-hydroxylation sites is 3. The van der Waals surface area contributed by atoms with Crippen molar-refractivity contribution in [1.29, 1.82) is 0 Å². The van der Waals surface area contributed by atoms with Gasteiger partial charge in [0, 0.05) is 22.2 Å². The van der Waals surface area contributed by atoms with Gasteiger partial charge in [-0.15, -0.1) is 0 Å². The number of hydrogen-bond acceptors (Lipinski definition) is 2. The fourth-order valence-corrected chi connectivity index (χ4v) is 8.77. The van der Waals surface area contributed by atoms with Gasteiger partial charge >= 0.3 is 0 Å². The molecule has 1 aliphatic carbocycles. The maximum absolute atomic E-state index is 6.67. The van der Waals surface area contributed by atoms with Gasteiger partial charge < -0.3 is 9.64 Å². The van der Waals surface area contributed by atoms with Crippen molar-refractivity contribution in [1.82, 2.24) is 0 Å². The van der Waals surface area contributed by atoms with E-state index in [1.807, 2.05) is 0 Å². The molecule has 0 unspecified atom stereocenters. The van der Waals surface area contributed by atoms with Crippen molar-refractivity contribution in [2.45, 2.75) is 24.7 Å². The Hall–Kier alpha value is -5.86. The van der Waals surface area contributed by atoms with Crippen LogP contribution in [0.5, 0.6) is 11.5 Å². The Morgan fingerprint density at radius 3 is 1.69 bits per heavy atom. The first-order valence-corrected chi connectivity index (χ1v) is 16.8. The van der Waals surface area contributed by atoms with Gasteiger partial charge in [0.2, 0.25) is 0 Å². The molecule has 228 valence electrons. The molecule has 48 heavy (non-hydrogen) atoms. The zero-order valence-corrected chi connectivity index (χ0v) is 26.9. The van der Waals surface area contributed by atoms with Crippen molar-refractivity contribution in [2.24, 2.45) is 0 Å². The van der Waals surface area contributed by atoms with Crippen molar-refractivity contribution in [3.63, 3.8) is 0 Å². The molecule has 3 aliphatic rings. The van der Waals surface area contributed by atoms with E-state index in [9.17, 15) is 0 Å². The summed E-state index contributed by atoms with van der Waals surface area (Å²) in [4.78, 5) is 2.49. The number of benzene rings is 7. The predicted molar refractivity (Wildman–Crippen MR) is 196 cm³/mol. The minimum absolute atomic E-state index is 0.147.